The van der Waals surface area contributed by atoms with E-state index in [0.717, 1.165) is 5.56 Å². The fraction of sp³-hybridized carbons (Fsp3) is 0.211. The van der Waals surface area contributed by atoms with Crippen molar-refractivity contribution in [2.45, 2.75) is 13.8 Å². The molecule has 2 aromatic rings. The van der Waals surface area contributed by atoms with Crippen LogP contribution in [0.25, 0.3) is 0 Å². The van der Waals surface area contributed by atoms with Gasteiger partial charge in [0.15, 0.2) is 6.61 Å². The van der Waals surface area contributed by atoms with Crippen LogP contribution in [0.5, 0.6) is 5.75 Å². The van der Waals surface area contributed by atoms with Crippen molar-refractivity contribution >= 4 is 28.9 Å². The molecule has 0 aromatic heterocycles. The predicted molar refractivity (Wildman–Crippen MR) is 101 cm³/mol. The third kappa shape index (κ3) is 5.94. The van der Waals surface area contributed by atoms with Gasteiger partial charge in [-0.1, -0.05) is 23.4 Å². The van der Waals surface area contributed by atoms with Crippen molar-refractivity contribution in [1.29, 1.82) is 0 Å². The molecule has 0 atom stereocenters. The molecule has 0 aliphatic rings. The van der Waals surface area contributed by atoms with Crippen molar-refractivity contribution in [2.75, 3.05) is 24.4 Å². The molecule has 0 saturated carbocycles. The number of hydrogen-bond acceptors (Lipinski definition) is 5. The second-order valence-electron chi connectivity index (χ2n) is 5.49. The molecule has 26 heavy (non-hydrogen) atoms. The average molecular weight is 355 g/mol. The van der Waals surface area contributed by atoms with Crippen LogP contribution in [-0.4, -0.2) is 31.2 Å². The number of hydrogen-bond donors (Lipinski definition) is 2. The molecule has 0 saturated heterocycles. The van der Waals surface area contributed by atoms with Crippen LogP contribution in [0.2, 0.25) is 0 Å². The van der Waals surface area contributed by atoms with Gasteiger partial charge in [0.2, 0.25) is 5.91 Å². The first kappa shape index (κ1) is 19.0. The molecule has 2 N–H and O–H groups in total. The van der Waals surface area contributed by atoms with Crippen molar-refractivity contribution < 1.29 is 19.2 Å². The summed E-state index contributed by atoms with van der Waals surface area (Å²) in [5.74, 6) is 0.199. The number of anilines is 2. The van der Waals surface area contributed by atoms with Crippen LogP contribution in [0.3, 0.4) is 0 Å². The number of methoxy groups -OCH3 is 1. The molecule has 2 rings (SSSR count). The topological polar surface area (TPSA) is 89.0 Å². The summed E-state index contributed by atoms with van der Waals surface area (Å²) in [4.78, 5) is 28.0. The lowest BCUT2D eigenvalue weighted by Gasteiger charge is -2.07. The van der Waals surface area contributed by atoms with Crippen molar-refractivity contribution in [2.24, 2.45) is 5.16 Å². The molecule has 0 heterocycles. The van der Waals surface area contributed by atoms with Gasteiger partial charge in [-0.15, -0.1) is 0 Å². The Labute approximate surface area is 152 Å². The monoisotopic (exact) mass is 355 g/mol. The van der Waals surface area contributed by atoms with Gasteiger partial charge in [0.05, 0.1) is 12.8 Å². The summed E-state index contributed by atoms with van der Waals surface area (Å²) in [5, 5.41) is 9.33. The number of oxime groups is 1. The highest BCUT2D eigenvalue weighted by atomic mass is 16.6. The molecule has 0 fully saturated rings. The number of nitrogens with one attached hydrogen (secondary N) is 2. The van der Waals surface area contributed by atoms with Crippen LogP contribution in [0, 0.1) is 0 Å². The zero-order chi connectivity index (χ0) is 18.9. The van der Waals surface area contributed by atoms with E-state index in [9.17, 15) is 9.59 Å². The number of carbonyl (C=O) groups excluding carboxylic acids is 2. The first-order valence-electron chi connectivity index (χ1n) is 7.96. The Balaban J connectivity index is 1.86. The quantitative estimate of drug-likeness (QED) is 0.590. The first-order chi connectivity index (χ1) is 12.5. The van der Waals surface area contributed by atoms with Gasteiger partial charge in [-0.3, -0.25) is 9.59 Å². The minimum atomic E-state index is -0.323. The lowest BCUT2D eigenvalue weighted by molar-refractivity contribution is -0.120. The van der Waals surface area contributed by atoms with E-state index in [1.165, 1.54) is 6.92 Å². The van der Waals surface area contributed by atoms with Gasteiger partial charge < -0.3 is 20.2 Å². The van der Waals surface area contributed by atoms with E-state index in [2.05, 4.69) is 15.8 Å². The number of amides is 2. The minimum absolute atomic E-state index is 0.131. The Bertz CT molecular complexity index is 801. The molecule has 2 amide bonds. The molecular formula is C19H21N3O4. The molecule has 0 aliphatic heterocycles. The second kappa shape index (κ2) is 9.22. The number of carbonyl (C=O) groups is 2. The minimum Gasteiger partial charge on any atom is -0.497 e. The maximum absolute atomic E-state index is 11.9. The summed E-state index contributed by atoms with van der Waals surface area (Å²) < 4.78 is 5.10. The standard InChI is InChI=1S/C19H21N3O4/c1-13(15-7-9-16(10-8-15)20-14(2)23)22-26-12-19(24)21-17-5-4-6-18(11-17)25-3/h4-11H,12H2,1-3H3,(H,20,23)(H,21,24)/b22-13+. The number of benzene rings is 2. The van der Waals surface area contributed by atoms with Crippen molar-refractivity contribution in [1.82, 2.24) is 0 Å². The highest BCUT2D eigenvalue weighted by Crippen LogP contribution is 2.16. The van der Waals surface area contributed by atoms with E-state index >= 15 is 0 Å². The second-order valence-corrected chi connectivity index (χ2v) is 5.49. The van der Waals surface area contributed by atoms with E-state index in [-0.39, 0.29) is 18.4 Å². The molecular weight excluding hydrogens is 334 g/mol. The summed E-state index contributed by atoms with van der Waals surface area (Å²) in [6, 6.07) is 14.2. The van der Waals surface area contributed by atoms with Gasteiger partial charge in [0.1, 0.15) is 5.75 Å². The lowest BCUT2D eigenvalue weighted by Crippen LogP contribution is -2.17. The van der Waals surface area contributed by atoms with Gasteiger partial charge in [-0.05, 0) is 36.8 Å². The van der Waals surface area contributed by atoms with Crippen molar-refractivity contribution in [3.8, 4) is 5.75 Å². The van der Waals surface area contributed by atoms with Crippen LogP contribution in [0.4, 0.5) is 11.4 Å². The number of ether oxygens (including phenoxy) is 1. The molecule has 136 valence electrons. The van der Waals surface area contributed by atoms with Gasteiger partial charge >= 0.3 is 0 Å². The number of rotatable bonds is 7. The molecule has 2 aromatic carbocycles. The molecule has 0 radical (unpaired) electrons. The van der Waals surface area contributed by atoms with Crippen molar-refractivity contribution in [3.63, 3.8) is 0 Å². The molecule has 0 aliphatic carbocycles. The molecule has 0 bridgehead atoms. The highest BCUT2D eigenvalue weighted by molar-refractivity contribution is 5.99. The summed E-state index contributed by atoms with van der Waals surface area (Å²) >= 11 is 0. The Morgan fingerprint density at radius 1 is 1.00 bits per heavy atom. The van der Waals surface area contributed by atoms with Crippen LogP contribution in [0.15, 0.2) is 53.7 Å². The van der Waals surface area contributed by atoms with Crippen LogP contribution in [-0.2, 0) is 14.4 Å². The van der Waals surface area contributed by atoms with Gasteiger partial charge in [0, 0.05) is 24.4 Å². The maximum atomic E-state index is 11.9. The molecule has 0 spiro atoms. The smallest absolute Gasteiger partial charge is 0.265 e. The van der Waals surface area contributed by atoms with Gasteiger partial charge in [0.25, 0.3) is 5.91 Å². The Kier molecular flexibility index (Phi) is 6.73. The fourth-order valence-electron chi connectivity index (χ4n) is 2.14. The normalized spacial score (nSPS) is 10.8. The Morgan fingerprint density at radius 3 is 2.38 bits per heavy atom. The van der Waals surface area contributed by atoms with Crippen LogP contribution in [0.1, 0.15) is 19.4 Å². The highest BCUT2D eigenvalue weighted by Gasteiger charge is 2.05. The maximum Gasteiger partial charge on any atom is 0.265 e. The van der Waals surface area contributed by atoms with E-state index < -0.39 is 0 Å². The van der Waals surface area contributed by atoms with Crippen molar-refractivity contribution in [3.05, 3.63) is 54.1 Å². The van der Waals surface area contributed by atoms with Crippen LogP contribution >= 0.6 is 0 Å². The lowest BCUT2D eigenvalue weighted by atomic mass is 10.1. The van der Waals surface area contributed by atoms with Gasteiger partial charge in [-0.25, -0.2) is 0 Å². The van der Waals surface area contributed by atoms with Crippen LogP contribution < -0.4 is 15.4 Å². The Morgan fingerprint density at radius 2 is 1.73 bits per heavy atom. The van der Waals surface area contributed by atoms with E-state index in [1.807, 2.05) is 12.1 Å². The molecule has 0 unspecified atom stereocenters. The summed E-state index contributed by atoms with van der Waals surface area (Å²) in [5.41, 5.74) is 2.76. The molecule has 7 nitrogen and oxygen atoms in total. The first-order valence-corrected chi connectivity index (χ1v) is 7.96. The average Bonchev–Trinajstić information content (AvgIpc) is 2.62. The SMILES string of the molecule is COc1cccc(NC(=O)CO/N=C(\C)c2ccc(NC(C)=O)cc2)c1. The van der Waals surface area contributed by atoms with E-state index in [0.29, 0.717) is 22.8 Å². The predicted octanol–water partition coefficient (Wildman–Crippen LogP) is 3.03. The van der Waals surface area contributed by atoms with E-state index in [4.69, 9.17) is 9.57 Å². The zero-order valence-corrected chi connectivity index (χ0v) is 14.9. The third-order valence-electron chi connectivity index (χ3n) is 3.37. The zero-order valence-electron chi connectivity index (χ0n) is 14.9. The van der Waals surface area contributed by atoms with Gasteiger partial charge in [-0.2, -0.15) is 0 Å². The summed E-state index contributed by atoms with van der Waals surface area (Å²) in [7, 11) is 1.56. The third-order valence-corrected chi connectivity index (χ3v) is 3.37. The summed E-state index contributed by atoms with van der Waals surface area (Å²) in [6.07, 6.45) is 0. The van der Waals surface area contributed by atoms with E-state index in [1.54, 1.807) is 50.4 Å². The Hall–Kier alpha value is -3.35. The number of nitrogens with zero attached hydrogens (tertiary/aromatic N) is 1. The molecule has 7 heteroatoms. The largest absolute Gasteiger partial charge is 0.497 e. The fourth-order valence-corrected chi connectivity index (χ4v) is 2.14. The summed E-state index contributed by atoms with van der Waals surface area (Å²) in [6.45, 7) is 3.01.